The van der Waals surface area contributed by atoms with Crippen molar-refractivity contribution in [3.8, 4) is 11.1 Å². The average molecular weight is 477 g/mol. The van der Waals surface area contributed by atoms with E-state index in [1.165, 1.54) is 97.3 Å². The Bertz CT molecular complexity index is 2530. The van der Waals surface area contributed by atoms with Crippen molar-refractivity contribution in [2.45, 2.75) is 0 Å². The number of rotatable bonds is 1. The third-order valence-corrected chi connectivity index (χ3v) is 9.09. The lowest BCUT2D eigenvalue weighted by molar-refractivity contribution is 1.68. The minimum atomic E-state index is 1.27. The first-order chi connectivity index (χ1) is 18.9. The summed E-state index contributed by atoms with van der Waals surface area (Å²) >= 11 is 0. The summed E-state index contributed by atoms with van der Waals surface area (Å²) in [6, 6.07) is 45.5. The lowest BCUT2D eigenvalue weighted by Crippen LogP contribution is -1.96. The van der Waals surface area contributed by atoms with Crippen molar-refractivity contribution in [3.63, 3.8) is 0 Å². The maximum absolute atomic E-state index is 2.46. The topological polar surface area (TPSA) is 0 Å². The van der Waals surface area contributed by atoms with E-state index in [4.69, 9.17) is 0 Å². The van der Waals surface area contributed by atoms with E-state index in [2.05, 4.69) is 121 Å². The van der Waals surface area contributed by atoms with Crippen LogP contribution in [0.15, 0.2) is 121 Å². The highest BCUT2D eigenvalue weighted by molar-refractivity contribution is 6.51. The van der Waals surface area contributed by atoms with Crippen LogP contribution in [0, 0.1) is 0 Å². The van der Waals surface area contributed by atoms with Gasteiger partial charge in [-0.15, -0.1) is 0 Å². The zero-order valence-corrected chi connectivity index (χ0v) is 20.5. The van der Waals surface area contributed by atoms with Crippen LogP contribution in [0.4, 0.5) is 0 Å². The van der Waals surface area contributed by atoms with Gasteiger partial charge < -0.3 is 0 Å². The van der Waals surface area contributed by atoms with E-state index >= 15 is 0 Å². The second kappa shape index (κ2) is 6.49. The molecule has 10 aromatic rings. The van der Waals surface area contributed by atoms with Crippen LogP contribution in [0.3, 0.4) is 0 Å². The Kier molecular flexibility index (Phi) is 3.28. The zero-order chi connectivity index (χ0) is 24.5. The van der Waals surface area contributed by atoms with Crippen molar-refractivity contribution >= 4 is 86.2 Å². The molecule has 0 aromatic heterocycles. The molecular formula is C38H20. The summed E-state index contributed by atoms with van der Waals surface area (Å²) < 4.78 is 0. The molecule has 0 bridgehead atoms. The van der Waals surface area contributed by atoms with Gasteiger partial charge >= 0.3 is 0 Å². The monoisotopic (exact) mass is 476 g/mol. The fourth-order valence-corrected chi connectivity index (χ4v) is 7.62. The largest absolute Gasteiger partial charge is 0.0622 e. The van der Waals surface area contributed by atoms with E-state index in [9.17, 15) is 0 Å². The molecule has 10 rings (SSSR count). The summed E-state index contributed by atoms with van der Waals surface area (Å²) in [6.45, 7) is 0. The first-order valence-electron chi connectivity index (χ1n) is 13.4. The molecule has 0 fully saturated rings. The van der Waals surface area contributed by atoms with Crippen LogP contribution in [0.1, 0.15) is 0 Å². The van der Waals surface area contributed by atoms with E-state index in [0.717, 1.165) is 0 Å². The Hall–Kier alpha value is -4.94. The van der Waals surface area contributed by atoms with E-state index in [-0.39, 0.29) is 0 Å². The molecule has 0 aliphatic heterocycles. The number of benzene rings is 10. The molecule has 0 spiro atoms. The molecule has 0 saturated carbocycles. The standard InChI is InChI=1S/C38H20/c1-2-8-21(9-3-1)31-20-32-26-13-7-6-12-25(26)29-19-18-28-24-11-5-4-10-23(24)27-16-14-22-15-17-30(31)35-33(22)34(27)36(28)37(29)38(32)35/h1-20H. The Morgan fingerprint density at radius 3 is 1.29 bits per heavy atom. The van der Waals surface area contributed by atoms with Gasteiger partial charge in [0.05, 0.1) is 0 Å². The summed E-state index contributed by atoms with van der Waals surface area (Å²) in [7, 11) is 0. The van der Waals surface area contributed by atoms with Crippen molar-refractivity contribution in [2.75, 3.05) is 0 Å². The molecule has 38 heavy (non-hydrogen) atoms. The van der Waals surface area contributed by atoms with E-state index in [1.807, 2.05) is 0 Å². The first-order valence-corrected chi connectivity index (χ1v) is 13.4. The maximum atomic E-state index is 2.46. The zero-order valence-electron chi connectivity index (χ0n) is 20.5. The van der Waals surface area contributed by atoms with Crippen LogP contribution < -0.4 is 0 Å². The van der Waals surface area contributed by atoms with Crippen LogP contribution in [-0.2, 0) is 0 Å². The maximum Gasteiger partial charge on any atom is -0.000696 e. The number of hydrogen-bond acceptors (Lipinski definition) is 0. The highest BCUT2D eigenvalue weighted by atomic mass is 14.3. The van der Waals surface area contributed by atoms with E-state index in [1.54, 1.807) is 0 Å². The van der Waals surface area contributed by atoms with Gasteiger partial charge in [0.2, 0.25) is 0 Å². The number of fused-ring (bicyclic) bond motifs is 6. The molecule has 0 radical (unpaired) electrons. The second-order valence-electron chi connectivity index (χ2n) is 10.8. The molecule has 0 atom stereocenters. The van der Waals surface area contributed by atoms with Crippen molar-refractivity contribution in [2.24, 2.45) is 0 Å². The lowest BCUT2D eigenvalue weighted by Gasteiger charge is -2.24. The summed E-state index contributed by atoms with van der Waals surface area (Å²) in [5.41, 5.74) is 2.58. The highest BCUT2D eigenvalue weighted by Crippen LogP contribution is 2.53. The summed E-state index contributed by atoms with van der Waals surface area (Å²) in [4.78, 5) is 0. The van der Waals surface area contributed by atoms with Crippen molar-refractivity contribution in [3.05, 3.63) is 121 Å². The molecule has 172 valence electrons. The van der Waals surface area contributed by atoms with Gasteiger partial charge in [0.15, 0.2) is 0 Å². The van der Waals surface area contributed by atoms with Crippen molar-refractivity contribution in [1.29, 1.82) is 0 Å². The molecule has 10 aromatic carbocycles. The fraction of sp³-hybridized carbons (Fsp3) is 0. The van der Waals surface area contributed by atoms with Gasteiger partial charge in [0.25, 0.3) is 0 Å². The Morgan fingerprint density at radius 2 is 0.684 bits per heavy atom. The van der Waals surface area contributed by atoms with E-state index in [0.29, 0.717) is 0 Å². The summed E-state index contributed by atoms with van der Waals surface area (Å²) in [5, 5.41) is 22.0. The third-order valence-electron chi connectivity index (χ3n) is 9.09. The van der Waals surface area contributed by atoms with Gasteiger partial charge in [-0.25, -0.2) is 0 Å². The van der Waals surface area contributed by atoms with Gasteiger partial charge in [-0.3, -0.25) is 0 Å². The summed E-state index contributed by atoms with van der Waals surface area (Å²) in [5.74, 6) is 0. The smallest absolute Gasteiger partial charge is 0.000696 e. The molecule has 0 heteroatoms. The second-order valence-corrected chi connectivity index (χ2v) is 10.8. The Balaban J connectivity index is 1.66. The van der Waals surface area contributed by atoms with Crippen LogP contribution in [0.25, 0.3) is 97.3 Å². The van der Waals surface area contributed by atoms with Gasteiger partial charge in [0, 0.05) is 0 Å². The van der Waals surface area contributed by atoms with Crippen LogP contribution in [0.5, 0.6) is 0 Å². The van der Waals surface area contributed by atoms with Crippen molar-refractivity contribution < 1.29 is 0 Å². The van der Waals surface area contributed by atoms with Crippen LogP contribution >= 0.6 is 0 Å². The molecule has 0 heterocycles. The number of hydrogen-bond donors (Lipinski definition) is 0. The normalized spacial score (nSPS) is 12.7. The van der Waals surface area contributed by atoms with E-state index < -0.39 is 0 Å². The molecule has 0 aliphatic rings. The summed E-state index contributed by atoms with van der Waals surface area (Å²) in [6.07, 6.45) is 0. The van der Waals surface area contributed by atoms with Crippen LogP contribution in [0.2, 0.25) is 0 Å². The van der Waals surface area contributed by atoms with Gasteiger partial charge in [0.1, 0.15) is 0 Å². The molecule has 0 N–H and O–H groups in total. The van der Waals surface area contributed by atoms with Crippen molar-refractivity contribution in [1.82, 2.24) is 0 Å². The molecule has 0 amide bonds. The van der Waals surface area contributed by atoms with Gasteiger partial charge in [-0.2, -0.15) is 0 Å². The molecule has 0 nitrogen and oxygen atoms in total. The quantitative estimate of drug-likeness (QED) is 0.163. The first kappa shape index (κ1) is 19.2. The third kappa shape index (κ3) is 2.08. The van der Waals surface area contributed by atoms with Gasteiger partial charge in [-0.1, -0.05) is 115 Å². The molecule has 0 saturated heterocycles. The molecular weight excluding hydrogens is 456 g/mol. The lowest BCUT2D eigenvalue weighted by atomic mass is 9.78. The van der Waals surface area contributed by atoms with Crippen LogP contribution in [-0.4, -0.2) is 0 Å². The average Bonchev–Trinajstić information content (AvgIpc) is 3.00. The minimum Gasteiger partial charge on any atom is -0.0622 e. The Labute approximate surface area is 218 Å². The van der Waals surface area contributed by atoms with Gasteiger partial charge in [-0.05, 0) is 103 Å². The molecule has 0 unspecified atom stereocenters. The SMILES string of the molecule is c1ccc(-c2cc3c4ccccc4c4ccc5c6ccccc6c6ccc7ccc2c2c7c6c5c4c32)cc1. The molecule has 0 aliphatic carbocycles. The highest BCUT2D eigenvalue weighted by Gasteiger charge is 2.25. The Morgan fingerprint density at radius 1 is 0.263 bits per heavy atom. The minimum absolute atomic E-state index is 1.27. The predicted octanol–water partition coefficient (Wildman–Crippen LogP) is 10.9. The fourth-order valence-electron chi connectivity index (χ4n) is 7.62. The predicted molar refractivity (Wildman–Crippen MR) is 165 cm³/mol.